The van der Waals surface area contributed by atoms with E-state index in [1.807, 2.05) is 12.1 Å². The Labute approximate surface area is 192 Å². The number of halogens is 2. The monoisotopic (exact) mass is 455 g/mol. The van der Waals surface area contributed by atoms with Gasteiger partial charge in [-0.05, 0) is 62.0 Å². The number of rotatable bonds is 6. The summed E-state index contributed by atoms with van der Waals surface area (Å²) in [6.07, 6.45) is 6.35. The van der Waals surface area contributed by atoms with E-state index in [-0.39, 0.29) is 30.2 Å². The number of carbonyl (C=O) groups is 1. The number of piperazine rings is 1. The van der Waals surface area contributed by atoms with Crippen molar-refractivity contribution in [2.75, 3.05) is 51.3 Å². The van der Waals surface area contributed by atoms with Gasteiger partial charge in [0.15, 0.2) is 0 Å². The van der Waals surface area contributed by atoms with Gasteiger partial charge in [0, 0.05) is 39.3 Å². The van der Waals surface area contributed by atoms with Crippen molar-refractivity contribution in [2.45, 2.75) is 32.1 Å². The fourth-order valence-corrected chi connectivity index (χ4v) is 6.77. The molecule has 4 bridgehead atoms. The van der Waals surface area contributed by atoms with Crippen LogP contribution in [0.15, 0.2) is 24.3 Å². The number of para-hydroxylation sites is 2. The Balaban J connectivity index is 0.00000128. The number of carbonyl (C=O) groups excluding carboxylic acids is 1. The van der Waals surface area contributed by atoms with Gasteiger partial charge in [-0.2, -0.15) is 0 Å². The molecule has 5 fully saturated rings. The Morgan fingerprint density at radius 2 is 1.73 bits per heavy atom. The summed E-state index contributed by atoms with van der Waals surface area (Å²) in [7, 11) is 1.74. The molecule has 4 saturated carbocycles. The molecule has 7 heteroatoms. The first kappa shape index (κ1) is 23.5. The molecule has 30 heavy (non-hydrogen) atoms. The van der Waals surface area contributed by atoms with E-state index in [1.165, 1.54) is 24.9 Å². The molecule has 0 radical (unpaired) electrons. The van der Waals surface area contributed by atoms with Gasteiger partial charge in [-0.15, -0.1) is 24.8 Å². The molecular weight excluding hydrogens is 421 g/mol. The number of anilines is 1. The summed E-state index contributed by atoms with van der Waals surface area (Å²) in [6.45, 7) is 5.82. The molecule has 1 aromatic carbocycles. The fraction of sp³-hybridized carbons (Fsp3) is 0.696. The van der Waals surface area contributed by atoms with Crippen LogP contribution in [0.3, 0.4) is 0 Å². The van der Waals surface area contributed by atoms with Crippen molar-refractivity contribution < 1.29 is 9.53 Å². The highest BCUT2D eigenvalue weighted by Gasteiger charge is 2.61. The number of methoxy groups -OCH3 is 1. The van der Waals surface area contributed by atoms with E-state index in [4.69, 9.17) is 4.74 Å². The third-order valence-corrected chi connectivity index (χ3v) is 7.95. The van der Waals surface area contributed by atoms with Crippen molar-refractivity contribution in [1.82, 2.24) is 10.2 Å². The summed E-state index contributed by atoms with van der Waals surface area (Å²) in [4.78, 5) is 17.9. The van der Waals surface area contributed by atoms with E-state index in [0.717, 1.165) is 69.7 Å². The van der Waals surface area contributed by atoms with Gasteiger partial charge in [0.1, 0.15) is 5.75 Å². The van der Waals surface area contributed by atoms with E-state index < -0.39 is 0 Å². The summed E-state index contributed by atoms with van der Waals surface area (Å²) in [5.41, 5.74) is 1.19. The van der Waals surface area contributed by atoms with Gasteiger partial charge in [-0.3, -0.25) is 9.69 Å². The zero-order valence-electron chi connectivity index (χ0n) is 17.8. The molecule has 0 spiro atoms. The van der Waals surface area contributed by atoms with Crippen LogP contribution in [-0.2, 0) is 4.79 Å². The van der Waals surface area contributed by atoms with Gasteiger partial charge in [-0.1, -0.05) is 12.1 Å². The minimum atomic E-state index is 0. The van der Waals surface area contributed by atoms with Crippen LogP contribution >= 0.6 is 24.8 Å². The maximum atomic E-state index is 13.0. The number of nitrogens with one attached hydrogen (secondary N) is 1. The van der Waals surface area contributed by atoms with Crippen LogP contribution in [0.5, 0.6) is 5.75 Å². The second-order valence-corrected chi connectivity index (χ2v) is 9.46. The van der Waals surface area contributed by atoms with Crippen LogP contribution in [-0.4, -0.2) is 57.2 Å². The lowest BCUT2D eigenvalue weighted by molar-refractivity contribution is -0.132. The summed E-state index contributed by atoms with van der Waals surface area (Å²) in [5, 5.41) is 3.32. The number of hydrogen-bond acceptors (Lipinski definition) is 4. The van der Waals surface area contributed by atoms with Gasteiger partial charge in [-0.25, -0.2) is 0 Å². The Hall–Kier alpha value is -1.17. The summed E-state index contributed by atoms with van der Waals surface area (Å²) < 4.78 is 5.51. The van der Waals surface area contributed by atoms with E-state index >= 15 is 0 Å². The van der Waals surface area contributed by atoms with E-state index in [1.54, 1.807) is 7.11 Å². The molecule has 1 N–H and O–H groups in total. The van der Waals surface area contributed by atoms with E-state index in [2.05, 4.69) is 27.2 Å². The zero-order valence-corrected chi connectivity index (χ0v) is 19.5. The first-order valence-corrected chi connectivity index (χ1v) is 11.1. The molecule has 4 atom stereocenters. The van der Waals surface area contributed by atoms with Crippen molar-refractivity contribution in [1.29, 1.82) is 0 Å². The van der Waals surface area contributed by atoms with Crippen LogP contribution in [0.1, 0.15) is 32.1 Å². The minimum Gasteiger partial charge on any atom is -0.495 e. The molecule has 0 aromatic heterocycles. The third-order valence-electron chi connectivity index (χ3n) is 7.95. The van der Waals surface area contributed by atoms with Crippen LogP contribution in [0.4, 0.5) is 5.69 Å². The van der Waals surface area contributed by atoms with Gasteiger partial charge in [0.05, 0.1) is 18.2 Å². The number of nitrogens with zero attached hydrogens (tertiary/aromatic N) is 2. The van der Waals surface area contributed by atoms with Crippen molar-refractivity contribution in [2.24, 2.45) is 23.2 Å². The number of ether oxygens (including phenoxy) is 1. The van der Waals surface area contributed by atoms with Crippen molar-refractivity contribution >= 4 is 36.4 Å². The molecule has 168 valence electrons. The maximum absolute atomic E-state index is 13.0. The summed E-state index contributed by atoms with van der Waals surface area (Å²) in [6, 6.07) is 8.25. The highest BCUT2D eigenvalue weighted by molar-refractivity contribution is 5.85. The normalized spacial score (nSPS) is 31.8. The third kappa shape index (κ3) is 4.13. The quantitative estimate of drug-likeness (QED) is 0.711. The van der Waals surface area contributed by atoms with Crippen LogP contribution in [0.25, 0.3) is 0 Å². The predicted molar refractivity (Wildman–Crippen MR) is 125 cm³/mol. The average Bonchev–Trinajstić information content (AvgIpc) is 3.13. The van der Waals surface area contributed by atoms with Crippen molar-refractivity contribution in [3.05, 3.63) is 24.3 Å². The maximum Gasteiger partial charge on any atom is 0.226 e. The lowest BCUT2D eigenvalue weighted by Crippen LogP contribution is -2.50. The van der Waals surface area contributed by atoms with Gasteiger partial charge < -0.3 is 15.0 Å². The number of benzene rings is 1. The van der Waals surface area contributed by atoms with Crippen LogP contribution in [0.2, 0.25) is 0 Å². The van der Waals surface area contributed by atoms with Crippen LogP contribution in [0, 0.1) is 23.2 Å². The summed E-state index contributed by atoms with van der Waals surface area (Å²) >= 11 is 0. The molecule has 1 heterocycles. The minimum absolute atomic E-state index is 0. The zero-order chi connectivity index (χ0) is 19.1. The highest BCUT2D eigenvalue weighted by Crippen LogP contribution is 2.65. The average molecular weight is 456 g/mol. The molecule has 1 aliphatic heterocycles. The number of amides is 1. The van der Waals surface area contributed by atoms with Gasteiger partial charge in [0.2, 0.25) is 5.91 Å². The first-order valence-electron chi connectivity index (χ1n) is 11.1. The lowest BCUT2D eigenvalue weighted by Gasteiger charge is -2.37. The molecule has 1 aromatic rings. The number of hydrogen-bond donors (Lipinski definition) is 1. The second-order valence-electron chi connectivity index (χ2n) is 9.46. The van der Waals surface area contributed by atoms with E-state index in [9.17, 15) is 4.79 Å². The molecule has 1 amide bonds. The SMILES string of the molecule is COc1ccccc1N1CCN(CCNC(=O)C23CC4CC2C[C@H](C4)C3)CC1.Cl.Cl. The Bertz CT molecular complexity index is 725. The highest BCUT2D eigenvalue weighted by atomic mass is 35.5. The molecular formula is C23H35Cl2N3O2. The predicted octanol–water partition coefficient (Wildman–Crippen LogP) is 3.60. The lowest BCUT2D eigenvalue weighted by atomic mass is 9.75. The second kappa shape index (κ2) is 9.54. The van der Waals surface area contributed by atoms with E-state index in [0.29, 0.717) is 11.8 Å². The van der Waals surface area contributed by atoms with Crippen molar-refractivity contribution in [3.63, 3.8) is 0 Å². The molecule has 6 rings (SSSR count). The molecule has 5 nitrogen and oxygen atoms in total. The summed E-state index contributed by atoms with van der Waals surface area (Å²) in [5.74, 6) is 3.68. The van der Waals surface area contributed by atoms with Crippen molar-refractivity contribution in [3.8, 4) is 5.75 Å². The van der Waals surface area contributed by atoms with Crippen LogP contribution < -0.4 is 15.0 Å². The fourth-order valence-electron chi connectivity index (χ4n) is 6.77. The van der Waals surface area contributed by atoms with Gasteiger partial charge >= 0.3 is 0 Å². The molecule has 1 saturated heterocycles. The molecule has 3 unspecified atom stereocenters. The molecule has 5 aliphatic rings. The Kier molecular flexibility index (Phi) is 7.47. The smallest absolute Gasteiger partial charge is 0.226 e. The largest absolute Gasteiger partial charge is 0.495 e. The molecule has 4 aliphatic carbocycles. The first-order chi connectivity index (χ1) is 13.7. The topological polar surface area (TPSA) is 44.8 Å². The standard InChI is InChI=1S/C23H33N3O2.2ClH/c1-28-21-5-3-2-4-20(21)26-10-8-25(9-11-26)7-6-24-22(27)23-15-17-12-18(16-23)14-19(23)13-17;;/h2-5,17-19H,6-16H2,1H3,(H,24,27);2*1H/t17-,18?,19?,23?;;/m0../s1. The van der Waals surface area contributed by atoms with Gasteiger partial charge in [0.25, 0.3) is 0 Å². The Morgan fingerprint density at radius 1 is 1.07 bits per heavy atom. The Morgan fingerprint density at radius 3 is 2.40 bits per heavy atom.